The van der Waals surface area contributed by atoms with Gasteiger partial charge in [-0.2, -0.15) is 0 Å². The molecule has 17 heavy (non-hydrogen) atoms. The number of carbonyl (C=O) groups is 1. The van der Waals surface area contributed by atoms with Crippen molar-refractivity contribution in [3.05, 3.63) is 11.4 Å². The highest BCUT2D eigenvalue weighted by molar-refractivity contribution is 5.91. The maximum Gasteiger partial charge on any atom is 0.271 e. The third-order valence-electron chi connectivity index (χ3n) is 2.46. The molecular formula is C10H18N4O3. The summed E-state index contributed by atoms with van der Waals surface area (Å²) < 4.78 is 11.7. The van der Waals surface area contributed by atoms with E-state index in [1.165, 1.54) is 0 Å². The second kappa shape index (κ2) is 6.31. The highest BCUT2D eigenvalue weighted by Crippen LogP contribution is 2.15. The van der Waals surface area contributed by atoms with Crippen molar-refractivity contribution in [1.82, 2.24) is 15.0 Å². The minimum atomic E-state index is -0.595. The molecule has 0 fully saturated rings. The van der Waals surface area contributed by atoms with Crippen LogP contribution < -0.4 is 5.73 Å². The molecule has 0 bridgehead atoms. The number of hydrogen-bond acceptors (Lipinski definition) is 5. The monoisotopic (exact) mass is 242 g/mol. The molecule has 1 heterocycles. The number of primary amides is 1. The molecule has 1 aromatic heterocycles. The van der Waals surface area contributed by atoms with Crippen molar-refractivity contribution in [2.24, 2.45) is 5.73 Å². The van der Waals surface area contributed by atoms with Gasteiger partial charge in [0.1, 0.15) is 0 Å². The van der Waals surface area contributed by atoms with Gasteiger partial charge in [-0.3, -0.25) is 4.79 Å². The first kappa shape index (κ1) is 13.6. The summed E-state index contributed by atoms with van der Waals surface area (Å²) in [6, 6.07) is 0.0701. The first-order valence-corrected chi connectivity index (χ1v) is 5.33. The smallest absolute Gasteiger partial charge is 0.271 e. The average Bonchev–Trinajstić information content (AvgIpc) is 2.70. The van der Waals surface area contributed by atoms with E-state index in [0.717, 1.165) is 6.42 Å². The molecule has 0 radical (unpaired) electrons. The van der Waals surface area contributed by atoms with E-state index >= 15 is 0 Å². The van der Waals surface area contributed by atoms with Gasteiger partial charge in [0, 0.05) is 20.8 Å². The lowest BCUT2D eigenvalue weighted by Gasteiger charge is -2.14. The Morgan fingerprint density at radius 3 is 2.71 bits per heavy atom. The Labute approximate surface area is 99.9 Å². The third-order valence-corrected chi connectivity index (χ3v) is 2.46. The van der Waals surface area contributed by atoms with E-state index in [1.807, 2.05) is 6.92 Å². The van der Waals surface area contributed by atoms with Crippen LogP contribution in [-0.4, -0.2) is 41.7 Å². The Morgan fingerprint density at radius 1 is 1.47 bits per heavy atom. The van der Waals surface area contributed by atoms with Crippen molar-refractivity contribution in [2.75, 3.05) is 20.8 Å². The fraction of sp³-hybridized carbons (Fsp3) is 0.700. The summed E-state index contributed by atoms with van der Waals surface area (Å²) in [5.74, 6) is -0.595. The lowest BCUT2D eigenvalue weighted by molar-refractivity contribution is 0.0989. The number of ether oxygens (including phenoxy) is 2. The third kappa shape index (κ3) is 3.24. The van der Waals surface area contributed by atoms with Crippen molar-refractivity contribution >= 4 is 5.91 Å². The molecule has 0 saturated carbocycles. The molecule has 7 heteroatoms. The number of carbonyl (C=O) groups excluding carboxylic acids is 1. The van der Waals surface area contributed by atoms with Crippen molar-refractivity contribution < 1.29 is 14.3 Å². The van der Waals surface area contributed by atoms with Crippen molar-refractivity contribution in [3.8, 4) is 0 Å². The molecule has 0 aliphatic heterocycles. The number of amides is 1. The maximum atomic E-state index is 11.2. The lowest BCUT2D eigenvalue weighted by Crippen LogP contribution is -2.17. The van der Waals surface area contributed by atoms with Crippen molar-refractivity contribution in [1.29, 1.82) is 0 Å². The summed E-state index contributed by atoms with van der Waals surface area (Å²) in [5, 5.41) is 7.72. The highest BCUT2D eigenvalue weighted by atomic mass is 16.5. The van der Waals surface area contributed by atoms with Crippen LogP contribution in [0.4, 0.5) is 0 Å². The van der Waals surface area contributed by atoms with Crippen LogP contribution in [0.15, 0.2) is 0 Å². The Morgan fingerprint density at radius 2 is 2.18 bits per heavy atom. The van der Waals surface area contributed by atoms with Crippen molar-refractivity contribution in [3.63, 3.8) is 0 Å². The zero-order valence-corrected chi connectivity index (χ0v) is 10.3. The largest absolute Gasteiger partial charge is 0.385 e. The molecule has 1 unspecified atom stereocenters. The van der Waals surface area contributed by atoms with Gasteiger partial charge in [-0.1, -0.05) is 5.21 Å². The highest BCUT2D eigenvalue weighted by Gasteiger charge is 2.20. The van der Waals surface area contributed by atoms with E-state index in [-0.39, 0.29) is 18.3 Å². The average molecular weight is 242 g/mol. The first-order valence-electron chi connectivity index (χ1n) is 5.33. The van der Waals surface area contributed by atoms with Crippen LogP contribution in [0.5, 0.6) is 0 Å². The molecule has 1 amide bonds. The summed E-state index contributed by atoms with van der Waals surface area (Å²) in [7, 11) is 3.18. The standard InChI is InChI=1S/C10H18N4O3/c1-7(4-5-16-2)14-8(6-17-3)9(10(11)15)12-13-14/h7H,4-6H2,1-3H3,(H2,11,15). The zero-order valence-electron chi connectivity index (χ0n) is 10.3. The van der Waals surface area contributed by atoms with Crippen LogP contribution in [0, 0.1) is 0 Å². The predicted molar refractivity (Wildman–Crippen MR) is 60.5 cm³/mol. The van der Waals surface area contributed by atoms with Gasteiger partial charge < -0.3 is 15.2 Å². The Bertz CT molecular complexity index is 378. The number of hydrogen-bond donors (Lipinski definition) is 1. The number of nitrogens with zero attached hydrogens (tertiary/aromatic N) is 3. The Kier molecular flexibility index (Phi) is 5.05. The first-order chi connectivity index (χ1) is 8.11. The fourth-order valence-corrected chi connectivity index (χ4v) is 1.54. The van der Waals surface area contributed by atoms with E-state index in [1.54, 1.807) is 18.9 Å². The number of aromatic nitrogens is 3. The van der Waals surface area contributed by atoms with E-state index in [2.05, 4.69) is 10.3 Å². The van der Waals surface area contributed by atoms with Gasteiger partial charge in [0.05, 0.1) is 18.3 Å². The summed E-state index contributed by atoms with van der Waals surface area (Å²) >= 11 is 0. The maximum absolute atomic E-state index is 11.2. The van der Waals surface area contributed by atoms with Crippen LogP contribution in [0.2, 0.25) is 0 Å². The molecule has 0 aliphatic rings. The van der Waals surface area contributed by atoms with Gasteiger partial charge in [-0.15, -0.1) is 5.10 Å². The van der Waals surface area contributed by atoms with Gasteiger partial charge in [0.15, 0.2) is 5.69 Å². The van der Waals surface area contributed by atoms with Gasteiger partial charge in [-0.05, 0) is 13.3 Å². The molecule has 1 rings (SSSR count). The van der Waals surface area contributed by atoms with Gasteiger partial charge >= 0.3 is 0 Å². The van der Waals surface area contributed by atoms with Gasteiger partial charge in [-0.25, -0.2) is 4.68 Å². The fourth-order valence-electron chi connectivity index (χ4n) is 1.54. The zero-order chi connectivity index (χ0) is 12.8. The number of rotatable bonds is 7. The summed E-state index contributed by atoms with van der Waals surface area (Å²) in [6.45, 7) is 2.83. The van der Waals surface area contributed by atoms with Crippen molar-refractivity contribution in [2.45, 2.75) is 26.0 Å². The molecule has 0 saturated heterocycles. The molecule has 0 aliphatic carbocycles. The summed E-state index contributed by atoms with van der Waals surface area (Å²) in [5.41, 5.74) is 5.99. The molecule has 0 spiro atoms. The van der Waals surface area contributed by atoms with Crippen LogP contribution in [0.3, 0.4) is 0 Å². The second-order valence-corrected chi connectivity index (χ2v) is 3.76. The summed E-state index contributed by atoms with van der Waals surface area (Å²) in [6.07, 6.45) is 0.773. The van der Waals surface area contributed by atoms with E-state index < -0.39 is 5.91 Å². The molecule has 0 aromatic carbocycles. The van der Waals surface area contributed by atoms with Gasteiger partial charge in [0.25, 0.3) is 5.91 Å². The lowest BCUT2D eigenvalue weighted by atomic mass is 10.2. The van der Waals surface area contributed by atoms with Crippen LogP contribution in [-0.2, 0) is 16.1 Å². The topological polar surface area (TPSA) is 92.3 Å². The Balaban J connectivity index is 2.94. The van der Waals surface area contributed by atoms with Crippen LogP contribution >= 0.6 is 0 Å². The van der Waals surface area contributed by atoms with Crippen LogP contribution in [0.1, 0.15) is 35.6 Å². The SMILES string of the molecule is COCCC(C)n1nnc(C(N)=O)c1COC. The predicted octanol–water partition coefficient (Wildman–Crippen LogP) is 0.121. The van der Waals surface area contributed by atoms with E-state index in [9.17, 15) is 4.79 Å². The second-order valence-electron chi connectivity index (χ2n) is 3.76. The molecule has 2 N–H and O–H groups in total. The minimum absolute atomic E-state index is 0.0701. The normalized spacial score (nSPS) is 12.6. The quantitative estimate of drug-likeness (QED) is 0.733. The summed E-state index contributed by atoms with van der Waals surface area (Å²) in [4.78, 5) is 11.2. The van der Waals surface area contributed by atoms with Crippen LogP contribution in [0.25, 0.3) is 0 Å². The number of methoxy groups -OCH3 is 2. The minimum Gasteiger partial charge on any atom is -0.385 e. The van der Waals surface area contributed by atoms with E-state index in [4.69, 9.17) is 15.2 Å². The Hall–Kier alpha value is -1.47. The van der Waals surface area contributed by atoms with Gasteiger partial charge in [0.2, 0.25) is 0 Å². The van der Waals surface area contributed by atoms with E-state index in [0.29, 0.717) is 12.3 Å². The molecule has 1 atom stereocenters. The molecule has 96 valence electrons. The number of nitrogens with two attached hydrogens (primary N) is 1. The molecule has 1 aromatic rings. The molecular weight excluding hydrogens is 224 g/mol. The molecule has 7 nitrogen and oxygen atoms in total.